The predicted molar refractivity (Wildman–Crippen MR) is 77.0 cm³/mol. The number of H-pyrrole nitrogens is 1. The van der Waals surface area contributed by atoms with E-state index in [2.05, 4.69) is 26.2 Å². The molecule has 1 aliphatic rings. The lowest BCUT2D eigenvalue weighted by molar-refractivity contribution is 0.419. The third-order valence-corrected chi connectivity index (χ3v) is 3.75. The van der Waals surface area contributed by atoms with Gasteiger partial charge in [-0.05, 0) is 43.0 Å². The number of rotatable bonds is 3. The third kappa shape index (κ3) is 2.64. The quantitative estimate of drug-likeness (QED) is 0.928. The van der Waals surface area contributed by atoms with Crippen molar-refractivity contribution in [1.82, 2.24) is 15.2 Å². The van der Waals surface area contributed by atoms with Gasteiger partial charge >= 0.3 is 0 Å². The van der Waals surface area contributed by atoms with Crippen molar-refractivity contribution in [3.63, 3.8) is 0 Å². The molecule has 0 amide bonds. The van der Waals surface area contributed by atoms with Gasteiger partial charge in [0.25, 0.3) is 0 Å². The number of hydrogen-bond acceptors (Lipinski definition) is 4. The monoisotopic (exact) mass is 267 g/mol. The van der Waals surface area contributed by atoms with Crippen molar-refractivity contribution in [1.29, 1.82) is 5.26 Å². The number of hydrogen-bond donors (Lipinski definition) is 1. The van der Waals surface area contributed by atoms with Crippen molar-refractivity contribution in [2.24, 2.45) is 5.92 Å². The van der Waals surface area contributed by atoms with Crippen molar-refractivity contribution in [3.8, 4) is 17.5 Å². The Balaban J connectivity index is 1.73. The Morgan fingerprint density at radius 1 is 1.35 bits per heavy atom. The smallest absolute Gasteiger partial charge is 0.151 e. The van der Waals surface area contributed by atoms with Crippen molar-refractivity contribution < 1.29 is 0 Å². The van der Waals surface area contributed by atoms with Crippen LogP contribution < -0.4 is 4.90 Å². The Kier molecular flexibility index (Phi) is 3.64. The molecule has 0 saturated carbocycles. The van der Waals surface area contributed by atoms with Gasteiger partial charge in [-0.2, -0.15) is 5.26 Å². The highest BCUT2D eigenvalue weighted by atomic mass is 15.3. The normalized spacial score (nSPS) is 18.8. The molecule has 0 spiro atoms. The average molecular weight is 267 g/mol. The van der Waals surface area contributed by atoms with Gasteiger partial charge in [-0.15, -0.1) is 10.2 Å². The van der Waals surface area contributed by atoms with Gasteiger partial charge in [0.1, 0.15) is 5.69 Å². The lowest BCUT2D eigenvalue weighted by atomic mass is 9.95. The average Bonchev–Trinajstić information content (AvgIpc) is 3.02. The number of nitriles is 1. The minimum atomic E-state index is 0.457. The van der Waals surface area contributed by atoms with Gasteiger partial charge in [-0.25, -0.2) is 0 Å². The van der Waals surface area contributed by atoms with E-state index in [-0.39, 0.29) is 0 Å². The molecule has 1 unspecified atom stereocenters. The van der Waals surface area contributed by atoms with E-state index in [0.29, 0.717) is 12.3 Å². The van der Waals surface area contributed by atoms with Crippen LogP contribution in [0.3, 0.4) is 0 Å². The Hall–Kier alpha value is -2.35. The molecule has 20 heavy (non-hydrogen) atoms. The number of piperidine rings is 1. The molecule has 0 radical (unpaired) electrons. The summed E-state index contributed by atoms with van der Waals surface area (Å²) in [6.07, 6.45) is 4.76. The second-order valence-electron chi connectivity index (χ2n) is 5.18. The number of nitrogens with one attached hydrogen (secondary N) is 1. The van der Waals surface area contributed by atoms with Crippen molar-refractivity contribution in [3.05, 3.63) is 30.5 Å². The molecular weight excluding hydrogens is 250 g/mol. The summed E-state index contributed by atoms with van der Waals surface area (Å²) in [7, 11) is 0. The maximum atomic E-state index is 8.82. The van der Waals surface area contributed by atoms with Crippen LogP contribution in [0.25, 0.3) is 11.4 Å². The molecule has 1 fully saturated rings. The summed E-state index contributed by atoms with van der Waals surface area (Å²) < 4.78 is 0. The van der Waals surface area contributed by atoms with E-state index in [1.54, 1.807) is 0 Å². The molecule has 1 atom stereocenters. The van der Waals surface area contributed by atoms with E-state index in [1.807, 2.05) is 30.5 Å². The molecule has 5 nitrogen and oxygen atoms in total. The standard InChI is InChI=1S/C15H17N5/c16-8-7-12-3-2-10-20(11-12)15-6-5-14(18-19-15)13-4-1-9-17-13/h1,4-6,9,12,17H,2-3,7,10-11H2. The molecule has 5 heteroatoms. The van der Waals surface area contributed by atoms with Crippen LogP contribution in [-0.2, 0) is 0 Å². The zero-order valence-corrected chi connectivity index (χ0v) is 11.3. The first-order valence-electron chi connectivity index (χ1n) is 6.96. The van der Waals surface area contributed by atoms with E-state index in [4.69, 9.17) is 5.26 Å². The summed E-state index contributed by atoms with van der Waals surface area (Å²) in [5, 5.41) is 17.4. The van der Waals surface area contributed by atoms with Gasteiger partial charge in [0.2, 0.25) is 0 Å². The van der Waals surface area contributed by atoms with E-state index < -0.39 is 0 Å². The fourth-order valence-electron chi connectivity index (χ4n) is 2.70. The molecule has 102 valence electrons. The number of aromatic amines is 1. The zero-order valence-electron chi connectivity index (χ0n) is 11.3. The van der Waals surface area contributed by atoms with E-state index in [0.717, 1.165) is 43.1 Å². The van der Waals surface area contributed by atoms with E-state index in [1.165, 1.54) is 0 Å². The molecule has 1 saturated heterocycles. The molecule has 2 aromatic rings. The highest BCUT2D eigenvalue weighted by molar-refractivity contribution is 5.55. The summed E-state index contributed by atoms with van der Waals surface area (Å²) in [6.45, 7) is 1.91. The van der Waals surface area contributed by atoms with Gasteiger partial charge in [-0.3, -0.25) is 0 Å². The van der Waals surface area contributed by atoms with Gasteiger partial charge in [-0.1, -0.05) is 0 Å². The topological polar surface area (TPSA) is 68.6 Å². The van der Waals surface area contributed by atoms with E-state index >= 15 is 0 Å². The van der Waals surface area contributed by atoms with Crippen LogP contribution in [0.5, 0.6) is 0 Å². The molecule has 0 bridgehead atoms. The maximum absolute atomic E-state index is 8.82. The number of anilines is 1. The first-order chi connectivity index (χ1) is 9.86. The van der Waals surface area contributed by atoms with Crippen LogP contribution in [0.1, 0.15) is 19.3 Å². The SMILES string of the molecule is N#CCC1CCCN(c2ccc(-c3ccc[nH]3)nn2)C1. The molecular formula is C15H17N5. The fourth-order valence-corrected chi connectivity index (χ4v) is 2.70. The van der Waals surface area contributed by atoms with Gasteiger partial charge < -0.3 is 9.88 Å². The second kappa shape index (κ2) is 5.74. The maximum Gasteiger partial charge on any atom is 0.151 e. The summed E-state index contributed by atoms with van der Waals surface area (Å²) in [5.74, 6) is 1.36. The Labute approximate surface area is 118 Å². The zero-order chi connectivity index (χ0) is 13.8. The lowest BCUT2D eigenvalue weighted by Crippen LogP contribution is -2.35. The van der Waals surface area contributed by atoms with Crippen molar-refractivity contribution in [2.45, 2.75) is 19.3 Å². The number of nitrogens with zero attached hydrogens (tertiary/aromatic N) is 4. The predicted octanol–water partition coefficient (Wildman–Crippen LogP) is 2.60. The molecule has 1 N–H and O–H groups in total. The summed E-state index contributed by atoms with van der Waals surface area (Å²) in [5.41, 5.74) is 1.83. The van der Waals surface area contributed by atoms with Gasteiger partial charge in [0.15, 0.2) is 5.82 Å². The third-order valence-electron chi connectivity index (χ3n) is 3.75. The molecule has 2 aromatic heterocycles. The van der Waals surface area contributed by atoms with Crippen LogP contribution >= 0.6 is 0 Å². The minimum absolute atomic E-state index is 0.457. The van der Waals surface area contributed by atoms with Gasteiger partial charge in [0.05, 0.1) is 11.8 Å². The first kappa shape index (κ1) is 12.7. The Bertz CT molecular complexity index is 582. The van der Waals surface area contributed by atoms with Gasteiger partial charge in [0, 0.05) is 25.7 Å². The fraction of sp³-hybridized carbons (Fsp3) is 0.400. The number of aromatic nitrogens is 3. The van der Waals surface area contributed by atoms with Crippen LogP contribution in [0.2, 0.25) is 0 Å². The molecule has 0 aliphatic carbocycles. The first-order valence-corrected chi connectivity index (χ1v) is 6.96. The minimum Gasteiger partial charge on any atom is -0.360 e. The Morgan fingerprint density at radius 2 is 2.30 bits per heavy atom. The van der Waals surface area contributed by atoms with Crippen molar-refractivity contribution >= 4 is 5.82 Å². The molecule has 3 heterocycles. The summed E-state index contributed by atoms with van der Waals surface area (Å²) >= 11 is 0. The molecule has 3 rings (SSSR count). The molecule has 1 aliphatic heterocycles. The van der Waals surface area contributed by atoms with Crippen LogP contribution in [-0.4, -0.2) is 28.3 Å². The highest BCUT2D eigenvalue weighted by Gasteiger charge is 2.20. The van der Waals surface area contributed by atoms with Crippen LogP contribution in [0.15, 0.2) is 30.5 Å². The van der Waals surface area contributed by atoms with Crippen LogP contribution in [0.4, 0.5) is 5.82 Å². The van der Waals surface area contributed by atoms with Crippen molar-refractivity contribution in [2.75, 3.05) is 18.0 Å². The Morgan fingerprint density at radius 3 is 3.00 bits per heavy atom. The van der Waals surface area contributed by atoms with E-state index in [9.17, 15) is 0 Å². The largest absolute Gasteiger partial charge is 0.360 e. The lowest BCUT2D eigenvalue weighted by Gasteiger charge is -2.32. The summed E-state index contributed by atoms with van der Waals surface area (Å²) in [6, 6.07) is 10.2. The van der Waals surface area contributed by atoms with Crippen LogP contribution in [0, 0.1) is 17.2 Å². The second-order valence-corrected chi connectivity index (χ2v) is 5.18. The molecule has 0 aromatic carbocycles. The highest BCUT2D eigenvalue weighted by Crippen LogP contribution is 2.24. The summed E-state index contributed by atoms with van der Waals surface area (Å²) in [4.78, 5) is 5.36.